The molecule has 3 N–H and O–H groups in total. The normalized spacial score (nSPS) is 11.0. The van der Waals surface area contributed by atoms with Gasteiger partial charge in [-0.25, -0.2) is 8.42 Å². The van der Waals surface area contributed by atoms with Gasteiger partial charge in [-0.3, -0.25) is 4.72 Å². The molecular weight excluding hydrogens is 347 g/mol. The number of nitrogens with two attached hydrogens (primary N) is 1. The summed E-state index contributed by atoms with van der Waals surface area (Å²) in [4.78, 5) is -0.0481. The number of hydrogen-bond acceptors (Lipinski definition) is 3. The molecule has 0 atom stereocenters. The molecule has 0 saturated heterocycles. The van der Waals surface area contributed by atoms with Crippen molar-refractivity contribution >= 4 is 55.5 Å². The average Bonchev–Trinajstić information content (AvgIpc) is 2.06. The molecule has 4 nitrogen and oxygen atoms in total. The van der Waals surface area contributed by atoms with Crippen LogP contribution in [-0.4, -0.2) is 19.2 Å². The standard InChI is InChI=1S/C8H9IN2O2S2/c9-6-1-3-7(4-2-6)11-15(12,13)5-8(10)14/h1-4,11H,5H2,(H2,10,14). The zero-order valence-electron chi connectivity index (χ0n) is 7.60. The summed E-state index contributed by atoms with van der Waals surface area (Å²) in [5, 5.41) is 0. The Bertz CT molecular complexity index is 456. The third-order valence-electron chi connectivity index (χ3n) is 1.45. The molecule has 1 aromatic rings. The van der Waals surface area contributed by atoms with Crippen molar-refractivity contribution < 1.29 is 8.42 Å². The maximum absolute atomic E-state index is 11.4. The van der Waals surface area contributed by atoms with E-state index in [-0.39, 0.29) is 10.7 Å². The van der Waals surface area contributed by atoms with Gasteiger partial charge in [-0.05, 0) is 46.9 Å². The van der Waals surface area contributed by atoms with Crippen molar-refractivity contribution in [2.75, 3.05) is 10.5 Å². The first-order valence-electron chi connectivity index (χ1n) is 3.93. The zero-order valence-corrected chi connectivity index (χ0v) is 11.4. The Balaban J connectivity index is 2.78. The minimum atomic E-state index is -3.47. The lowest BCUT2D eigenvalue weighted by Crippen LogP contribution is -2.26. The largest absolute Gasteiger partial charge is 0.392 e. The van der Waals surface area contributed by atoms with E-state index in [0.717, 1.165) is 3.57 Å². The van der Waals surface area contributed by atoms with E-state index in [9.17, 15) is 8.42 Å². The molecule has 0 heterocycles. The number of nitrogens with one attached hydrogen (secondary N) is 1. The first-order chi connectivity index (χ1) is 6.89. The molecule has 0 radical (unpaired) electrons. The zero-order chi connectivity index (χ0) is 11.5. The van der Waals surface area contributed by atoms with Crippen LogP contribution in [0.5, 0.6) is 0 Å². The summed E-state index contributed by atoms with van der Waals surface area (Å²) in [6.45, 7) is 0. The first-order valence-corrected chi connectivity index (χ1v) is 7.07. The molecule has 15 heavy (non-hydrogen) atoms. The maximum atomic E-state index is 11.4. The second-order valence-electron chi connectivity index (χ2n) is 2.83. The van der Waals surface area contributed by atoms with Gasteiger partial charge in [0.25, 0.3) is 0 Å². The van der Waals surface area contributed by atoms with E-state index in [4.69, 9.17) is 5.73 Å². The van der Waals surface area contributed by atoms with E-state index < -0.39 is 10.0 Å². The number of thiocarbonyl (C=S) groups is 1. The summed E-state index contributed by atoms with van der Waals surface area (Å²) in [5.41, 5.74) is 5.67. The van der Waals surface area contributed by atoms with Crippen molar-refractivity contribution in [1.82, 2.24) is 0 Å². The predicted molar refractivity (Wildman–Crippen MR) is 73.4 cm³/mol. The quantitative estimate of drug-likeness (QED) is 0.631. The van der Waals surface area contributed by atoms with Crippen molar-refractivity contribution in [1.29, 1.82) is 0 Å². The molecule has 0 amide bonds. The average molecular weight is 356 g/mol. The smallest absolute Gasteiger partial charge is 0.239 e. The van der Waals surface area contributed by atoms with Gasteiger partial charge >= 0.3 is 0 Å². The fourth-order valence-corrected chi connectivity index (χ4v) is 2.69. The molecule has 0 saturated carbocycles. The second-order valence-corrected chi connectivity index (χ2v) is 6.33. The summed E-state index contributed by atoms with van der Waals surface area (Å²) >= 11 is 6.67. The molecule has 0 bridgehead atoms. The SMILES string of the molecule is NC(=S)CS(=O)(=O)Nc1ccc(I)cc1. The topological polar surface area (TPSA) is 72.2 Å². The summed E-state index contributed by atoms with van der Waals surface area (Å²) in [5.74, 6) is -0.339. The highest BCUT2D eigenvalue weighted by Crippen LogP contribution is 2.12. The van der Waals surface area contributed by atoms with Gasteiger partial charge in [0.2, 0.25) is 10.0 Å². The Hall–Kier alpha value is -0.410. The van der Waals surface area contributed by atoms with Gasteiger partial charge in [0.15, 0.2) is 0 Å². The van der Waals surface area contributed by atoms with E-state index in [1.165, 1.54) is 0 Å². The number of hydrogen-bond donors (Lipinski definition) is 2. The molecule has 0 unspecified atom stereocenters. The lowest BCUT2D eigenvalue weighted by molar-refractivity contribution is 0.605. The fourth-order valence-electron chi connectivity index (χ4n) is 0.921. The molecule has 0 fully saturated rings. The van der Waals surface area contributed by atoms with Crippen molar-refractivity contribution in [3.63, 3.8) is 0 Å². The van der Waals surface area contributed by atoms with E-state index >= 15 is 0 Å². The number of anilines is 1. The van der Waals surface area contributed by atoms with Crippen LogP contribution in [0.4, 0.5) is 5.69 Å². The van der Waals surface area contributed by atoms with Crippen molar-refractivity contribution in [2.24, 2.45) is 5.73 Å². The number of sulfonamides is 1. The van der Waals surface area contributed by atoms with Gasteiger partial charge in [-0.15, -0.1) is 0 Å². The molecule has 0 aliphatic heterocycles. The van der Waals surface area contributed by atoms with Crippen LogP contribution in [0.2, 0.25) is 0 Å². The molecule has 1 rings (SSSR count). The minimum absolute atomic E-state index is 0.0481. The fraction of sp³-hybridized carbons (Fsp3) is 0.125. The molecule has 0 aliphatic rings. The van der Waals surface area contributed by atoms with Crippen LogP contribution in [0.3, 0.4) is 0 Å². The molecular formula is C8H9IN2O2S2. The van der Waals surface area contributed by atoms with Crippen molar-refractivity contribution in [3.8, 4) is 0 Å². The summed E-state index contributed by atoms with van der Waals surface area (Å²) in [6.07, 6.45) is 0. The molecule has 82 valence electrons. The highest BCUT2D eigenvalue weighted by Gasteiger charge is 2.11. The lowest BCUT2D eigenvalue weighted by Gasteiger charge is -2.06. The van der Waals surface area contributed by atoms with Gasteiger partial charge in [-0.1, -0.05) is 12.2 Å². The highest BCUT2D eigenvalue weighted by atomic mass is 127. The van der Waals surface area contributed by atoms with E-state index in [0.29, 0.717) is 5.69 Å². The molecule has 1 aromatic carbocycles. The monoisotopic (exact) mass is 356 g/mol. The molecule has 7 heteroatoms. The predicted octanol–water partition coefficient (Wildman–Crippen LogP) is 1.32. The number of rotatable bonds is 4. The van der Waals surface area contributed by atoms with Gasteiger partial charge < -0.3 is 5.73 Å². The van der Waals surface area contributed by atoms with Crippen molar-refractivity contribution in [2.45, 2.75) is 0 Å². The molecule has 0 aliphatic carbocycles. The number of benzene rings is 1. The maximum Gasteiger partial charge on any atom is 0.239 e. The third-order valence-corrected chi connectivity index (χ3v) is 3.73. The molecule has 0 aromatic heterocycles. The van der Waals surface area contributed by atoms with Crippen LogP contribution in [0, 0.1) is 3.57 Å². The Morgan fingerprint density at radius 3 is 2.40 bits per heavy atom. The highest BCUT2D eigenvalue weighted by molar-refractivity contribution is 14.1. The second kappa shape index (κ2) is 5.08. The Labute approximate surface area is 107 Å². The Morgan fingerprint density at radius 1 is 1.40 bits per heavy atom. The Kier molecular flexibility index (Phi) is 4.29. The van der Waals surface area contributed by atoms with Gasteiger partial charge in [0.1, 0.15) is 5.75 Å². The number of halogens is 1. The van der Waals surface area contributed by atoms with Crippen molar-refractivity contribution in [3.05, 3.63) is 27.8 Å². The van der Waals surface area contributed by atoms with Crippen LogP contribution >= 0.6 is 34.8 Å². The first kappa shape index (κ1) is 12.7. The van der Waals surface area contributed by atoms with E-state index in [2.05, 4.69) is 39.5 Å². The molecule has 0 spiro atoms. The minimum Gasteiger partial charge on any atom is -0.392 e. The van der Waals surface area contributed by atoms with Gasteiger partial charge in [0.05, 0.1) is 4.99 Å². The summed E-state index contributed by atoms with van der Waals surface area (Å²) in [7, 11) is -3.47. The van der Waals surface area contributed by atoms with Gasteiger partial charge in [-0.2, -0.15) is 0 Å². The van der Waals surface area contributed by atoms with E-state index in [1.807, 2.05) is 0 Å². The van der Waals surface area contributed by atoms with Crippen LogP contribution in [0.25, 0.3) is 0 Å². The van der Waals surface area contributed by atoms with Crippen LogP contribution in [-0.2, 0) is 10.0 Å². The van der Waals surface area contributed by atoms with E-state index in [1.54, 1.807) is 24.3 Å². The van der Waals surface area contributed by atoms with Crippen LogP contribution in [0.15, 0.2) is 24.3 Å². The Morgan fingerprint density at radius 2 is 1.93 bits per heavy atom. The van der Waals surface area contributed by atoms with Crippen LogP contribution in [0.1, 0.15) is 0 Å². The third kappa shape index (κ3) is 4.76. The van der Waals surface area contributed by atoms with Crippen LogP contribution < -0.4 is 10.5 Å². The van der Waals surface area contributed by atoms with Gasteiger partial charge in [0, 0.05) is 9.26 Å². The summed E-state index contributed by atoms with van der Waals surface area (Å²) < 4.78 is 26.2. The summed E-state index contributed by atoms with van der Waals surface area (Å²) in [6, 6.07) is 6.97. The lowest BCUT2D eigenvalue weighted by atomic mass is 10.3.